The maximum absolute atomic E-state index is 5.34. The Labute approximate surface area is 123 Å². The Morgan fingerprint density at radius 2 is 1.76 bits per heavy atom. The van der Waals surface area contributed by atoms with Gasteiger partial charge in [-0.05, 0) is 42.5 Å². The average Bonchev–Trinajstić information content (AvgIpc) is 2.94. The predicted molar refractivity (Wildman–Crippen MR) is 86.8 cm³/mol. The molecule has 106 valence electrons. The fourth-order valence-corrected chi connectivity index (χ4v) is 2.33. The molecule has 1 aromatic heterocycles. The van der Waals surface area contributed by atoms with Gasteiger partial charge < -0.3 is 14.5 Å². The number of aromatic amines is 1. The molecule has 0 saturated heterocycles. The lowest BCUT2D eigenvalue weighted by Gasteiger charge is -2.02. The van der Waals surface area contributed by atoms with E-state index in [0.717, 1.165) is 33.7 Å². The summed E-state index contributed by atoms with van der Waals surface area (Å²) in [5.41, 5.74) is 3.19. The Morgan fingerprint density at radius 1 is 0.905 bits per heavy atom. The summed E-state index contributed by atoms with van der Waals surface area (Å²) in [6.45, 7) is 0. The number of aromatic nitrogens is 1. The average molecular weight is 279 g/mol. The van der Waals surface area contributed by atoms with Crippen LogP contribution >= 0.6 is 0 Å². The van der Waals surface area contributed by atoms with Crippen LogP contribution in [0.5, 0.6) is 11.5 Å². The molecule has 3 aromatic rings. The van der Waals surface area contributed by atoms with Gasteiger partial charge in [-0.1, -0.05) is 18.2 Å². The van der Waals surface area contributed by atoms with Gasteiger partial charge in [-0.25, -0.2) is 0 Å². The second kappa shape index (κ2) is 5.75. The van der Waals surface area contributed by atoms with Gasteiger partial charge >= 0.3 is 0 Å². The monoisotopic (exact) mass is 279 g/mol. The van der Waals surface area contributed by atoms with Crippen LogP contribution < -0.4 is 9.47 Å². The topological polar surface area (TPSA) is 34.2 Å². The molecule has 21 heavy (non-hydrogen) atoms. The number of nitrogens with one attached hydrogen (secondary N) is 1. The van der Waals surface area contributed by atoms with Crippen LogP contribution in [0.3, 0.4) is 0 Å². The maximum atomic E-state index is 5.34. The highest BCUT2D eigenvalue weighted by molar-refractivity contribution is 5.85. The van der Waals surface area contributed by atoms with E-state index in [1.807, 2.05) is 54.6 Å². The van der Waals surface area contributed by atoms with Gasteiger partial charge in [0, 0.05) is 22.2 Å². The number of benzene rings is 2. The van der Waals surface area contributed by atoms with Gasteiger partial charge in [0.2, 0.25) is 0 Å². The summed E-state index contributed by atoms with van der Waals surface area (Å²) in [7, 11) is 3.36. The molecular formula is C18H17NO2. The lowest BCUT2D eigenvalue weighted by Crippen LogP contribution is -1.85. The third-order valence-electron chi connectivity index (χ3n) is 3.43. The number of hydrogen-bond donors (Lipinski definition) is 1. The van der Waals surface area contributed by atoms with Crippen LogP contribution in [0.15, 0.2) is 48.5 Å². The molecule has 1 heterocycles. The van der Waals surface area contributed by atoms with Crippen LogP contribution in [0.25, 0.3) is 23.1 Å². The maximum Gasteiger partial charge on any atom is 0.126 e. The Kier molecular flexibility index (Phi) is 3.65. The van der Waals surface area contributed by atoms with Gasteiger partial charge in [-0.3, -0.25) is 0 Å². The van der Waals surface area contributed by atoms with Crippen molar-refractivity contribution in [3.05, 3.63) is 59.8 Å². The third-order valence-corrected chi connectivity index (χ3v) is 3.43. The van der Waals surface area contributed by atoms with Crippen LogP contribution in [0, 0.1) is 0 Å². The van der Waals surface area contributed by atoms with Crippen LogP contribution in [-0.4, -0.2) is 19.2 Å². The number of H-pyrrole nitrogens is 1. The SMILES string of the molecule is COc1ccc2[nH]c(C=Cc3ccccc3OC)cc2c1. The summed E-state index contributed by atoms with van der Waals surface area (Å²) < 4.78 is 10.6. The van der Waals surface area contributed by atoms with E-state index in [-0.39, 0.29) is 0 Å². The molecule has 1 N–H and O–H groups in total. The van der Waals surface area contributed by atoms with E-state index in [0.29, 0.717) is 0 Å². The van der Waals surface area contributed by atoms with Crippen LogP contribution in [-0.2, 0) is 0 Å². The molecule has 0 radical (unpaired) electrons. The Morgan fingerprint density at radius 3 is 2.57 bits per heavy atom. The molecule has 0 saturated carbocycles. The van der Waals surface area contributed by atoms with E-state index in [1.54, 1.807) is 14.2 Å². The Hall–Kier alpha value is -2.68. The first-order chi connectivity index (χ1) is 10.3. The highest BCUT2D eigenvalue weighted by atomic mass is 16.5. The second-order valence-corrected chi connectivity index (χ2v) is 4.75. The summed E-state index contributed by atoms with van der Waals surface area (Å²) in [6.07, 6.45) is 4.09. The fourth-order valence-electron chi connectivity index (χ4n) is 2.33. The standard InChI is InChI=1S/C18H17NO2/c1-20-16-9-10-17-14(12-16)11-15(19-17)8-7-13-5-3-4-6-18(13)21-2/h3-12,19H,1-2H3. The largest absolute Gasteiger partial charge is 0.497 e. The summed E-state index contributed by atoms with van der Waals surface area (Å²) in [5.74, 6) is 1.73. The normalized spacial score (nSPS) is 11.1. The molecule has 3 nitrogen and oxygen atoms in total. The number of methoxy groups -OCH3 is 2. The molecule has 0 atom stereocenters. The van der Waals surface area contributed by atoms with E-state index >= 15 is 0 Å². The molecule has 0 aliphatic carbocycles. The quantitative estimate of drug-likeness (QED) is 0.770. The molecule has 0 spiro atoms. The van der Waals surface area contributed by atoms with E-state index in [4.69, 9.17) is 9.47 Å². The summed E-state index contributed by atoms with van der Waals surface area (Å²) in [4.78, 5) is 3.37. The molecular weight excluding hydrogens is 262 g/mol. The highest BCUT2D eigenvalue weighted by Crippen LogP contribution is 2.24. The molecule has 0 bridgehead atoms. The molecule has 0 aliphatic rings. The van der Waals surface area contributed by atoms with Gasteiger partial charge in [-0.15, -0.1) is 0 Å². The first-order valence-electron chi connectivity index (χ1n) is 6.78. The third kappa shape index (κ3) is 2.77. The molecule has 0 fully saturated rings. The van der Waals surface area contributed by atoms with Crippen molar-refractivity contribution < 1.29 is 9.47 Å². The predicted octanol–water partition coefficient (Wildman–Crippen LogP) is 4.36. The molecule has 2 aromatic carbocycles. The molecule has 3 rings (SSSR count). The Bertz CT molecular complexity index is 787. The van der Waals surface area contributed by atoms with Gasteiger partial charge in [0.05, 0.1) is 14.2 Å². The van der Waals surface area contributed by atoms with Crippen LogP contribution in [0.2, 0.25) is 0 Å². The lowest BCUT2D eigenvalue weighted by molar-refractivity contribution is 0.414. The summed E-state index contributed by atoms with van der Waals surface area (Å²) in [5, 5.41) is 1.13. The minimum absolute atomic E-state index is 0.863. The number of ether oxygens (including phenoxy) is 2. The van der Waals surface area contributed by atoms with Gasteiger partial charge in [0.1, 0.15) is 11.5 Å². The highest BCUT2D eigenvalue weighted by Gasteiger charge is 2.01. The van der Waals surface area contributed by atoms with E-state index < -0.39 is 0 Å². The molecule has 3 heteroatoms. The molecule has 0 unspecified atom stereocenters. The summed E-state index contributed by atoms with van der Waals surface area (Å²) in [6, 6.07) is 16.0. The van der Waals surface area contributed by atoms with Crippen molar-refractivity contribution in [1.29, 1.82) is 0 Å². The number of fused-ring (bicyclic) bond motifs is 1. The zero-order valence-corrected chi connectivity index (χ0v) is 12.1. The first-order valence-corrected chi connectivity index (χ1v) is 6.78. The minimum Gasteiger partial charge on any atom is -0.497 e. The Balaban J connectivity index is 1.92. The van der Waals surface area contributed by atoms with Crippen molar-refractivity contribution in [2.75, 3.05) is 14.2 Å². The van der Waals surface area contributed by atoms with Gasteiger partial charge in [-0.2, -0.15) is 0 Å². The summed E-state index contributed by atoms with van der Waals surface area (Å²) >= 11 is 0. The molecule has 0 amide bonds. The van der Waals surface area contributed by atoms with Crippen LogP contribution in [0.4, 0.5) is 0 Å². The number of hydrogen-bond acceptors (Lipinski definition) is 2. The van der Waals surface area contributed by atoms with Crippen molar-refractivity contribution in [3.63, 3.8) is 0 Å². The van der Waals surface area contributed by atoms with Crippen molar-refractivity contribution in [1.82, 2.24) is 4.98 Å². The lowest BCUT2D eigenvalue weighted by atomic mass is 10.1. The van der Waals surface area contributed by atoms with E-state index in [9.17, 15) is 0 Å². The zero-order valence-electron chi connectivity index (χ0n) is 12.1. The smallest absolute Gasteiger partial charge is 0.126 e. The van der Waals surface area contributed by atoms with Crippen LogP contribution in [0.1, 0.15) is 11.3 Å². The van der Waals surface area contributed by atoms with Gasteiger partial charge in [0.15, 0.2) is 0 Å². The van der Waals surface area contributed by atoms with Crippen molar-refractivity contribution in [2.45, 2.75) is 0 Å². The minimum atomic E-state index is 0.863. The van der Waals surface area contributed by atoms with Crippen molar-refractivity contribution in [3.8, 4) is 11.5 Å². The second-order valence-electron chi connectivity index (χ2n) is 4.75. The number of rotatable bonds is 4. The molecule has 0 aliphatic heterocycles. The fraction of sp³-hybridized carbons (Fsp3) is 0.111. The zero-order chi connectivity index (χ0) is 14.7. The van der Waals surface area contributed by atoms with E-state index in [1.165, 1.54) is 0 Å². The van der Waals surface area contributed by atoms with E-state index in [2.05, 4.69) is 11.1 Å². The van der Waals surface area contributed by atoms with Crippen molar-refractivity contribution >= 4 is 23.1 Å². The first kappa shape index (κ1) is 13.3. The van der Waals surface area contributed by atoms with Gasteiger partial charge in [0.25, 0.3) is 0 Å². The number of para-hydroxylation sites is 1. The van der Waals surface area contributed by atoms with Crippen molar-refractivity contribution in [2.24, 2.45) is 0 Å².